The van der Waals surface area contributed by atoms with Gasteiger partial charge in [0.1, 0.15) is 17.1 Å². The molecule has 0 fully saturated rings. The van der Waals surface area contributed by atoms with Crippen molar-refractivity contribution >= 4 is 35.9 Å². The molecule has 2 atom stereocenters. The number of furan rings is 1. The van der Waals surface area contributed by atoms with E-state index in [-0.39, 0.29) is 42.4 Å². The van der Waals surface area contributed by atoms with E-state index in [0.717, 1.165) is 5.76 Å². The summed E-state index contributed by atoms with van der Waals surface area (Å²) in [6, 6.07) is 3.54. The average molecular weight is 453 g/mol. The van der Waals surface area contributed by atoms with Crippen LogP contribution in [0.15, 0.2) is 21.5 Å². The number of rotatable bonds is 7. The van der Waals surface area contributed by atoms with E-state index < -0.39 is 5.60 Å². The molecule has 8 heteroatoms. The first-order valence-electron chi connectivity index (χ1n) is 7.69. The Hall–Kier alpha value is -1.29. The van der Waals surface area contributed by atoms with Crippen molar-refractivity contribution in [1.82, 2.24) is 10.6 Å². The number of nitrogens with zero attached hydrogens (tertiary/aromatic N) is 1. The summed E-state index contributed by atoms with van der Waals surface area (Å²) in [5.74, 6) is 1.15. The summed E-state index contributed by atoms with van der Waals surface area (Å²) in [4.78, 5) is 15.8. The number of ether oxygens (including phenoxy) is 1. The van der Waals surface area contributed by atoms with E-state index in [1.54, 1.807) is 26.0 Å². The van der Waals surface area contributed by atoms with Crippen molar-refractivity contribution in [2.24, 2.45) is 10.9 Å². The van der Waals surface area contributed by atoms with Gasteiger partial charge in [0.05, 0.1) is 19.6 Å². The predicted molar refractivity (Wildman–Crippen MR) is 104 cm³/mol. The van der Waals surface area contributed by atoms with Gasteiger partial charge in [-0.3, -0.25) is 4.79 Å². The maximum atomic E-state index is 11.4. The SMILES string of the molecule is CCNC(=NCC(C)(O)c1ccc(C)o1)NCC(C)C(=O)OC.I. The van der Waals surface area contributed by atoms with Crippen LogP contribution in [0.2, 0.25) is 0 Å². The normalized spacial score (nSPS) is 15.0. The summed E-state index contributed by atoms with van der Waals surface area (Å²) in [7, 11) is 1.36. The Kier molecular flexibility index (Phi) is 9.98. The number of aliphatic hydroxyl groups is 1. The van der Waals surface area contributed by atoms with Gasteiger partial charge >= 0.3 is 5.97 Å². The number of nitrogens with one attached hydrogen (secondary N) is 2. The number of carbonyl (C=O) groups excluding carboxylic acids is 1. The van der Waals surface area contributed by atoms with Crippen molar-refractivity contribution in [3.8, 4) is 0 Å². The standard InChI is InChI=1S/C16H27N3O4.HI/c1-6-17-15(18-9-11(2)14(20)22-5)19-10-16(4,21)13-8-7-12(3)23-13;/h7-8,11,21H,6,9-10H2,1-5H3,(H2,17,18,19);1H. The largest absolute Gasteiger partial charge is 0.469 e. The fourth-order valence-corrected chi connectivity index (χ4v) is 1.91. The Bertz CT molecular complexity index is 543. The Morgan fingerprint density at radius 1 is 1.46 bits per heavy atom. The number of halogens is 1. The molecule has 1 heterocycles. The molecule has 138 valence electrons. The van der Waals surface area contributed by atoms with Crippen molar-refractivity contribution in [3.05, 3.63) is 23.7 Å². The lowest BCUT2D eigenvalue weighted by Crippen LogP contribution is -2.41. The molecule has 0 aliphatic rings. The topological polar surface area (TPSA) is 96.1 Å². The van der Waals surface area contributed by atoms with Gasteiger partial charge in [-0.1, -0.05) is 6.92 Å². The molecule has 24 heavy (non-hydrogen) atoms. The molecule has 1 aromatic heterocycles. The zero-order valence-corrected chi connectivity index (χ0v) is 17.2. The Morgan fingerprint density at radius 3 is 2.62 bits per heavy atom. The van der Waals surface area contributed by atoms with E-state index >= 15 is 0 Å². The van der Waals surface area contributed by atoms with E-state index in [4.69, 9.17) is 4.42 Å². The van der Waals surface area contributed by atoms with Gasteiger partial charge in [0.25, 0.3) is 0 Å². The first-order chi connectivity index (χ1) is 10.8. The lowest BCUT2D eigenvalue weighted by molar-refractivity contribution is -0.144. The molecule has 0 spiro atoms. The molecule has 0 saturated heterocycles. The number of carbonyl (C=O) groups is 1. The Morgan fingerprint density at radius 2 is 2.12 bits per heavy atom. The van der Waals surface area contributed by atoms with Gasteiger partial charge in [-0.05, 0) is 32.9 Å². The third kappa shape index (κ3) is 7.08. The van der Waals surface area contributed by atoms with Crippen LogP contribution in [0.4, 0.5) is 0 Å². The smallest absolute Gasteiger partial charge is 0.310 e. The zero-order valence-electron chi connectivity index (χ0n) is 14.9. The zero-order chi connectivity index (χ0) is 17.5. The summed E-state index contributed by atoms with van der Waals surface area (Å²) < 4.78 is 10.2. The van der Waals surface area contributed by atoms with Gasteiger partial charge in [0.15, 0.2) is 5.96 Å². The summed E-state index contributed by atoms with van der Waals surface area (Å²) in [6.07, 6.45) is 0. The van der Waals surface area contributed by atoms with Crippen molar-refractivity contribution < 1.29 is 19.1 Å². The molecule has 0 amide bonds. The highest BCUT2D eigenvalue weighted by Crippen LogP contribution is 2.22. The fraction of sp³-hybridized carbons (Fsp3) is 0.625. The minimum atomic E-state index is -1.20. The third-order valence-electron chi connectivity index (χ3n) is 3.34. The van der Waals surface area contributed by atoms with Gasteiger partial charge in [-0.15, -0.1) is 24.0 Å². The summed E-state index contributed by atoms with van der Waals surface area (Å²) >= 11 is 0. The molecule has 0 aromatic carbocycles. The highest BCUT2D eigenvalue weighted by Gasteiger charge is 2.26. The molecule has 0 saturated carbocycles. The molecular formula is C16H28IN3O4. The minimum absolute atomic E-state index is 0. The second kappa shape index (κ2) is 10.5. The van der Waals surface area contributed by atoms with E-state index in [0.29, 0.717) is 24.8 Å². The molecule has 0 radical (unpaired) electrons. The Balaban J connectivity index is 0.00000529. The quantitative estimate of drug-likeness (QED) is 0.252. The Labute approximate surface area is 160 Å². The monoisotopic (exact) mass is 453 g/mol. The van der Waals surface area contributed by atoms with Crippen LogP contribution in [0.3, 0.4) is 0 Å². The number of hydrogen-bond acceptors (Lipinski definition) is 5. The summed E-state index contributed by atoms with van der Waals surface area (Å²) in [6.45, 7) is 8.36. The number of esters is 1. The van der Waals surface area contributed by atoms with Crippen molar-refractivity contribution in [2.75, 3.05) is 26.7 Å². The van der Waals surface area contributed by atoms with Gasteiger partial charge in [0, 0.05) is 13.1 Å². The number of aryl methyl sites for hydroxylation is 1. The number of methoxy groups -OCH3 is 1. The van der Waals surface area contributed by atoms with E-state index in [9.17, 15) is 9.90 Å². The van der Waals surface area contributed by atoms with Crippen molar-refractivity contribution in [1.29, 1.82) is 0 Å². The molecule has 3 N–H and O–H groups in total. The number of aliphatic imine (C=N–C) groups is 1. The van der Waals surface area contributed by atoms with E-state index in [1.807, 2.05) is 13.8 Å². The first-order valence-corrected chi connectivity index (χ1v) is 7.69. The lowest BCUT2D eigenvalue weighted by Gasteiger charge is -2.20. The third-order valence-corrected chi connectivity index (χ3v) is 3.34. The summed E-state index contributed by atoms with van der Waals surface area (Å²) in [5, 5.41) is 16.6. The molecule has 0 aliphatic carbocycles. The van der Waals surface area contributed by atoms with Gasteiger partial charge < -0.3 is 24.9 Å². The minimum Gasteiger partial charge on any atom is -0.469 e. The molecule has 0 bridgehead atoms. The molecule has 1 rings (SSSR count). The van der Waals surface area contributed by atoms with Crippen LogP contribution in [-0.4, -0.2) is 43.8 Å². The van der Waals surface area contributed by atoms with Gasteiger partial charge in [-0.2, -0.15) is 0 Å². The van der Waals surface area contributed by atoms with Crippen LogP contribution >= 0.6 is 24.0 Å². The highest BCUT2D eigenvalue weighted by molar-refractivity contribution is 14.0. The molecule has 1 aromatic rings. The molecule has 2 unspecified atom stereocenters. The van der Waals surface area contributed by atoms with Crippen LogP contribution in [-0.2, 0) is 15.1 Å². The van der Waals surface area contributed by atoms with Crippen LogP contribution < -0.4 is 10.6 Å². The number of hydrogen-bond donors (Lipinski definition) is 3. The van der Waals surface area contributed by atoms with Gasteiger partial charge in [0.2, 0.25) is 0 Å². The predicted octanol–water partition coefficient (Wildman–Crippen LogP) is 1.78. The van der Waals surface area contributed by atoms with Crippen LogP contribution in [0.1, 0.15) is 32.3 Å². The molecule has 0 aliphatic heterocycles. The van der Waals surface area contributed by atoms with E-state index in [2.05, 4.69) is 20.4 Å². The maximum absolute atomic E-state index is 11.4. The fourth-order valence-electron chi connectivity index (χ4n) is 1.91. The average Bonchev–Trinajstić information content (AvgIpc) is 2.96. The number of guanidine groups is 1. The second-order valence-corrected chi connectivity index (χ2v) is 5.68. The second-order valence-electron chi connectivity index (χ2n) is 5.68. The van der Waals surface area contributed by atoms with Crippen molar-refractivity contribution in [3.63, 3.8) is 0 Å². The van der Waals surface area contributed by atoms with Gasteiger partial charge in [-0.25, -0.2) is 4.99 Å². The summed E-state index contributed by atoms with van der Waals surface area (Å²) in [5.41, 5.74) is -1.20. The van der Waals surface area contributed by atoms with Crippen LogP contribution in [0, 0.1) is 12.8 Å². The first kappa shape index (κ1) is 22.7. The highest BCUT2D eigenvalue weighted by atomic mass is 127. The lowest BCUT2D eigenvalue weighted by atomic mass is 10.0. The molecule has 7 nitrogen and oxygen atoms in total. The van der Waals surface area contributed by atoms with Crippen LogP contribution in [0.5, 0.6) is 0 Å². The maximum Gasteiger partial charge on any atom is 0.310 e. The molecular weight excluding hydrogens is 425 g/mol. The van der Waals surface area contributed by atoms with E-state index in [1.165, 1.54) is 7.11 Å². The van der Waals surface area contributed by atoms with Crippen LogP contribution in [0.25, 0.3) is 0 Å². The van der Waals surface area contributed by atoms with Crippen molar-refractivity contribution in [2.45, 2.75) is 33.3 Å².